The minimum absolute atomic E-state index is 0.0433. The minimum Gasteiger partial charge on any atom is -0.376 e. The third-order valence-electron chi connectivity index (χ3n) is 4.25. The van der Waals surface area contributed by atoms with Crippen LogP contribution >= 0.6 is 11.6 Å². The van der Waals surface area contributed by atoms with Gasteiger partial charge in [0.15, 0.2) is 0 Å². The SMILES string of the molecule is Cc1cc(C(=O)NC(C)C)ccc1NCC(=O)Nc1cc(Cl)ccc1-n1cncn1. The first-order valence-corrected chi connectivity index (χ1v) is 9.81. The Morgan fingerprint density at radius 3 is 2.60 bits per heavy atom. The van der Waals surface area contributed by atoms with Gasteiger partial charge in [-0.1, -0.05) is 11.6 Å². The third-order valence-corrected chi connectivity index (χ3v) is 4.48. The molecule has 0 unspecified atom stereocenters. The molecule has 1 aromatic heterocycles. The van der Waals surface area contributed by atoms with Crippen molar-refractivity contribution < 1.29 is 9.59 Å². The van der Waals surface area contributed by atoms with Gasteiger partial charge >= 0.3 is 0 Å². The molecule has 0 aliphatic heterocycles. The number of amides is 2. The quantitative estimate of drug-likeness (QED) is 0.537. The van der Waals surface area contributed by atoms with Gasteiger partial charge in [-0.05, 0) is 62.7 Å². The maximum absolute atomic E-state index is 12.5. The number of benzene rings is 2. The molecule has 0 saturated carbocycles. The molecule has 0 spiro atoms. The number of anilines is 2. The Balaban J connectivity index is 1.66. The lowest BCUT2D eigenvalue weighted by Crippen LogP contribution is -2.30. The van der Waals surface area contributed by atoms with Gasteiger partial charge in [-0.3, -0.25) is 9.59 Å². The zero-order chi connectivity index (χ0) is 21.7. The van der Waals surface area contributed by atoms with Crippen LogP contribution in [0.4, 0.5) is 11.4 Å². The molecular formula is C21H23ClN6O2. The van der Waals surface area contributed by atoms with Gasteiger partial charge in [0, 0.05) is 22.3 Å². The summed E-state index contributed by atoms with van der Waals surface area (Å²) in [5, 5.41) is 13.4. The Morgan fingerprint density at radius 1 is 1.13 bits per heavy atom. The molecule has 0 aliphatic rings. The van der Waals surface area contributed by atoms with Crippen molar-refractivity contribution in [2.45, 2.75) is 26.8 Å². The lowest BCUT2D eigenvalue weighted by molar-refractivity contribution is -0.114. The van der Waals surface area contributed by atoms with Gasteiger partial charge in [-0.15, -0.1) is 0 Å². The standard InChI is InChI=1S/C21H23ClN6O2/c1-13(2)26-21(30)15-4-6-17(14(3)8-15)24-10-20(29)27-18-9-16(22)5-7-19(18)28-12-23-11-25-28/h4-9,11-13,24H,10H2,1-3H3,(H,26,30)(H,27,29). The van der Waals surface area contributed by atoms with E-state index in [2.05, 4.69) is 26.0 Å². The predicted octanol–water partition coefficient (Wildman–Crippen LogP) is 3.42. The first-order chi connectivity index (χ1) is 14.3. The number of carbonyl (C=O) groups excluding carboxylic acids is 2. The fraction of sp³-hybridized carbons (Fsp3) is 0.238. The molecule has 2 aromatic carbocycles. The summed E-state index contributed by atoms with van der Waals surface area (Å²) in [6.45, 7) is 5.74. The molecule has 9 heteroatoms. The molecule has 0 fully saturated rings. The highest BCUT2D eigenvalue weighted by atomic mass is 35.5. The monoisotopic (exact) mass is 426 g/mol. The number of hydrogen-bond donors (Lipinski definition) is 3. The Kier molecular flexibility index (Phi) is 6.68. The molecule has 0 aliphatic carbocycles. The van der Waals surface area contributed by atoms with Crippen LogP contribution in [0.3, 0.4) is 0 Å². The van der Waals surface area contributed by atoms with Crippen LogP contribution in [0, 0.1) is 6.92 Å². The van der Waals surface area contributed by atoms with Gasteiger partial charge in [0.2, 0.25) is 5.91 Å². The van der Waals surface area contributed by atoms with Gasteiger partial charge in [0.05, 0.1) is 17.9 Å². The van der Waals surface area contributed by atoms with Crippen LogP contribution in [-0.2, 0) is 4.79 Å². The van der Waals surface area contributed by atoms with Crippen LogP contribution in [0.1, 0.15) is 29.8 Å². The van der Waals surface area contributed by atoms with E-state index >= 15 is 0 Å². The fourth-order valence-electron chi connectivity index (χ4n) is 2.86. The van der Waals surface area contributed by atoms with E-state index in [1.807, 2.05) is 20.8 Å². The number of nitrogens with zero attached hydrogens (tertiary/aromatic N) is 3. The lowest BCUT2D eigenvalue weighted by Gasteiger charge is -2.14. The van der Waals surface area contributed by atoms with Crippen molar-refractivity contribution in [3.8, 4) is 5.69 Å². The summed E-state index contributed by atoms with van der Waals surface area (Å²) < 4.78 is 1.55. The Hall–Kier alpha value is -3.39. The van der Waals surface area contributed by atoms with E-state index < -0.39 is 0 Å². The molecule has 0 radical (unpaired) electrons. The first kappa shape index (κ1) is 21.3. The van der Waals surface area contributed by atoms with E-state index in [0.717, 1.165) is 11.3 Å². The molecule has 8 nitrogen and oxygen atoms in total. The van der Waals surface area contributed by atoms with Crippen LogP contribution in [0.5, 0.6) is 0 Å². The maximum Gasteiger partial charge on any atom is 0.251 e. The number of aromatic nitrogens is 3. The Labute approximate surface area is 179 Å². The number of carbonyl (C=O) groups is 2. The Bertz CT molecular complexity index is 1050. The summed E-state index contributed by atoms with van der Waals surface area (Å²) >= 11 is 6.08. The summed E-state index contributed by atoms with van der Waals surface area (Å²) in [5.74, 6) is -0.376. The molecule has 0 atom stereocenters. The number of hydrogen-bond acceptors (Lipinski definition) is 5. The predicted molar refractivity (Wildman–Crippen MR) is 117 cm³/mol. The number of halogens is 1. The molecule has 3 N–H and O–H groups in total. The normalized spacial score (nSPS) is 10.7. The summed E-state index contributed by atoms with van der Waals surface area (Å²) in [5.41, 5.74) is 3.39. The second-order valence-corrected chi connectivity index (χ2v) is 7.50. The van der Waals surface area contributed by atoms with Crippen molar-refractivity contribution in [1.82, 2.24) is 20.1 Å². The van der Waals surface area contributed by atoms with Crippen molar-refractivity contribution >= 4 is 34.8 Å². The van der Waals surface area contributed by atoms with Gasteiger partial charge in [0.25, 0.3) is 5.91 Å². The van der Waals surface area contributed by atoms with E-state index in [9.17, 15) is 9.59 Å². The average molecular weight is 427 g/mol. The van der Waals surface area contributed by atoms with Crippen molar-refractivity contribution in [1.29, 1.82) is 0 Å². The van der Waals surface area contributed by atoms with E-state index in [4.69, 9.17) is 11.6 Å². The largest absolute Gasteiger partial charge is 0.376 e. The highest BCUT2D eigenvalue weighted by Gasteiger charge is 2.12. The van der Waals surface area contributed by atoms with Crippen LogP contribution in [0.15, 0.2) is 49.1 Å². The van der Waals surface area contributed by atoms with Crippen LogP contribution in [0.25, 0.3) is 5.69 Å². The van der Waals surface area contributed by atoms with Crippen LogP contribution < -0.4 is 16.0 Å². The molecule has 156 valence electrons. The topological polar surface area (TPSA) is 101 Å². The second-order valence-electron chi connectivity index (χ2n) is 7.06. The second kappa shape index (κ2) is 9.41. The Morgan fingerprint density at radius 2 is 1.93 bits per heavy atom. The summed E-state index contributed by atoms with van der Waals surface area (Å²) in [6, 6.07) is 10.5. The van der Waals surface area contributed by atoms with E-state index in [-0.39, 0.29) is 24.4 Å². The molecule has 1 heterocycles. The maximum atomic E-state index is 12.5. The summed E-state index contributed by atoms with van der Waals surface area (Å²) in [4.78, 5) is 28.6. The number of aryl methyl sites for hydroxylation is 1. The van der Waals surface area contributed by atoms with Gasteiger partial charge in [-0.2, -0.15) is 5.10 Å². The van der Waals surface area contributed by atoms with Gasteiger partial charge in [0.1, 0.15) is 12.7 Å². The van der Waals surface area contributed by atoms with E-state index in [1.165, 1.54) is 12.7 Å². The summed E-state index contributed by atoms with van der Waals surface area (Å²) in [6.07, 6.45) is 2.95. The third kappa shape index (κ3) is 5.36. The van der Waals surface area contributed by atoms with Crippen molar-refractivity contribution in [2.24, 2.45) is 0 Å². The highest BCUT2D eigenvalue weighted by Crippen LogP contribution is 2.24. The molecule has 2 amide bonds. The van der Waals surface area contributed by atoms with Crippen LogP contribution in [0.2, 0.25) is 5.02 Å². The number of rotatable bonds is 7. The molecule has 30 heavy (non-hydrogen) atoms. The van der Waals surface area contributed by atoms with Crippen LogP contribution in [-0.4, -0.2) is 39.2 Å². The van der Waals surface area contributed by atoms with E-state index in [0.29, 0.717) is 22.0 Å². The first-order valence-electron chi connectivity index (χ1n) is 9.43. The van der Waals surface area contributed by atoms with Gasteiger partial charge < -0.3 is 16.0 Å². The summed E-state index contributed by atoms with van der Waals surface area (Å²) in [7, 11) is 0. The molecular weight excluding hydrogens is 404 g/mol. The lowest BCUT2D eigenvalue weighted by atomic mass is 10.1. The van der Waals surface area contributed by atoms with Crippen molar-refractivity contribution in [3.05, 3.63) is 65.2 Å². The zero-order valence-electron chi connectivity index (χ0n) is 16.9. The van der Waals surface area contributed by atoms with Crippen molar-refractivity contribution in [2.75, 3.05) is 17.2 Å². The smallest absolute Gasteiger partial charge is 0.251 e. The molecule has 3 rings (SSSR count). The van der Waals surface area contributed by atoms with Crippen molar-refractivity contribution in [3.63, 3.8) is 0 Å². The van der Waals surface area contributed by atoms with E-state index in [1.54, 1.807) is 41.1 Å². The average Bonchev–Trinajstić information content (AvgIpc) is 3.21. The molecule has 3 aromatic rings. The molecule has 0 saturated heterocycles. The minimum atomic E-state index is -0.250. The fourth-order valence-corrected chi connectivity index (χ4v) is 3.03. The number of nitrogens with one attached hydrogen (secondary N) is 3. The highest BCUT2D eigenvalue weighted by molar-refractivity contribution is 6.31. The zero-order valence-corrected chi connectivity index (χ0v) is 17.7. The molecule has 0 bridgehead atoms. The van der Waals surface area contributed by atoms with Gasteiger partial charge in [-0.25, -0.2) is 9.67 Å².